The molecular weight excluding hydrogens is 205 g/mol. The Kier molecular flexibility index (Phi) is 2.73. The van der Waals surface area contributed by atoms with Crippen LogP contribution in [-0.4, -0.2) is 4.98 Å². The Morgan fingerprint density at radius 3 is 2.62 bits per heavy atom. The van der Waals surface area contributed by atoms with E-state index in [0.29, 0.717) is 6.07 Å². The highest BCUT2D eigenvalue weighted by atomic mass is 35.5. The topological polar surface area (TPSA) is 36.7 Å². The van der Waals surface area contributed by atoms with Gasteiger partial charge in [0.05, 0.1) is 5.56 Å². The van der Waals surface area contributed by atoms with Crippen molar-refractivity contribution in [3.8, 4) is 6.07 Å². The van der Waals surface area contributed by atoms with Crippen LogP contribution in [0.15, 0.2) is 6.07 Å². The van der Waals surface area contributed by atoms with Gasteiger partial charge in [0, 0.05) is 0 Å². The number of nitrogens with zero attached hydrogens (tertiary/aromatic N) is 2. The average molecular weight is 207 g/mol. The van der Waals surface area contributed by atoms with E-state index in [0.717, 1.165) is 0 Å². The zero-order chi connectivity index (χ0) is 10.0. The standard InChI is InChI=1S/C7H2ClF3N2/c8-6-4(9)1-3(7(10)11)5(2-12)13-6/h1,7H. The van der Waals surface area contributed by atoms with Crippen LogP contribution in [0.25, 0.3) is 0 Å². The molecule has 1 heterocycles. The van der Waals surface area contributed by atoms with Crippen molar-refractivity contribution in [1.82, 2.24) is 4.98 Å². The van der Waals surface area contributed by atoms with Crippen molar-refractivity contribution >= 4 is 11.6 Å². The van der Waals surface area contributed by atoms with Crippen LogP contribution < -0.4 is 0 Å². The first-order valence-corrected chi connectivity index (χ1v) is 3.48. The van der Waals surface area contributed by atoms with Crippen molar-refractivity contribution in [3.63, 3.8) is 0 Å². The summed E-state index contributed by atoms with van der Waals surface area (Å²) in [4.78, 5) is 3.16. The van der Waals surface area contributed by atoms with Crippen LogP contribution in [0, 0.1) is 17.1 Å². The Balaban J connectivity index is 3.35. The van der Waals surface area contributed by atoms with Gasteiger partial charge in [-0.3, -0.25) is 0 Å². The monoisotopic (exact) mass is 206 g/mol. The molecule has 1 rings (SSSR count). The van der Waals surface area contributed by atoms with Gasteiger partial charge in [0.1, 0.15) is 6.07 Å². The molecule has 0 N–H and O–H groups in total. The largest absolute Gasteiger partial charge is 0.266 e. The van der Waals surface area contributed by atoms with E-state index in [4.69, 9.17) is 16.9 Å². The molecule has 2 nitrogen and oxygen atoms in total. The summed E-state index contributed by atoms with van der Waals surface area (Å²) in [5.74, 6) is -1.06. The summed E-state index contributed by atoms with van der Waals surface area (Å²) < 4.78 is 36.9. The van der Waals surface area contributed by atoms with E-state index in [1.807, 2.05) is 0 Å². The van der Waals surface area contributed by atoms with Crippen molar-refractivity contribution in [3.05, 3.63) is 28.3 Å². The quantitative estimate of drug-likeness (QED) is 0.663. The fourth-order valence-electron chi connectivity index (χ4n) is 0.736. The number of aromatic nitrogens is 1. The molecule has 0 unspecified atom stereocenters. The number of halogens is 4. The second kappa shape index (κ2) is 3.62. The lowest BCUT2D eigenvalue weighted by Crippen LogP contribution is -1.97. The number of nitriles is 1. The zero-order valence-corrected chi connectivity index (χ0v) is 6.82. The SMILES string of the molecule is N#Cc1nc(Cl)c(F)cc1C(F)F. The van der Waals surface area contributed by atoms with Gasteiger partial charge in [0.15, 0.2) is 16.7 Å². The molecule has 0 aliphatic heterocycles. The molecule has 0 bridgehead atoms. The van der Waals surface area contributed by atoms with Gasteiger partial charge in [-0.05, 0) is 6.07 Å². The van der Waals surface area contributed by atoms with E-state index in [9.17, 15) is 13.2 Å². The fraction of sp³-hybridized carbons (Fsp3) is 0.143. The third-order valence-electron chi connectivity index (χ3n) is 1.30. The molecule has 13 heavy (non-hydrogen) atoms. The number of pyridine rings is 1. The Labute approximate surface area is 76.6 Å². The molecule has 1 aromatic heterocycles. The number of hydrogen-bond acceptors (Lipinski definition) is 2. The summed E-state index contributed by atoms with van der Waals surface area (Å²) in [6, 6.07) is 1.92. The fourth-order valence-corrected chi connectivity index (χ4v) is 0.876. The van der Waals surface area contributed by atoms with Crippen LogP contribution >= 0.6 is 11.6 Å². The minimum Gasteiger partial charge on any atom is -0.222 e. The van der Waals surface area contributed by atoms with E-state index in [-0.39, 0.29) is 0 Å². The second-order valence-corrected chi connectivity index (χ2v) is 2.47. The first kappa shape index (κ1) is 9.81. The molecule has 0 fully saturated rings. The summed E-state index contributed by atoms with van der Waals surface area (Å²) in [7, 11) is 0. The Hall–Kier alpha value is -1.28. The third kappa shape index (κ3) is 1.90. The van der Waals surface area contributed by atoms with Gasteiger partial charge >= 0.3 is 0 Å². The highest BCUT2D eigenvalue weighted by molar-refractivity contribution is 6.29. The first-order chi connectivity index (χ1) is 6.06. The van der Waals surface area contributed by atoms with E-state index >= 15 is 0 Å². The van der Waals surface area contributed by atoms with Gasteiger partial charge in [0.2, 0.25) is 0 Å². The summed E-state index contributed by atoms with van der Waals surface area (Å²) in [6.45, 7) is 0. The summed E-state index contributed by atoms with van der Waals surface area (Å²) in [5, 5.41) is 7.77. The van der Waals surface area contributed by atoms with Crippen molar-refractivity contribution < 1.29 is 13.2 Å². The predicted octanol–water partition coefficient (Wildman–Crippen LogP) is 2.68. The van der Waals surface area contributed by atoms with E-state index < -0.39 is 28.7 Å². The minimum atomic E-state index is -2.94. The maximum absolute atomic E-state index is 12.6. The Morgan fingerprint density at radius 2 is 2.15 bits per heavy atom. The minimum absolute atomic E-state index is 0.512. The van der Waals surface area contributed by atoms with Crippen LogP contribution in [0.3, 0.4) is 0 Å². The second-order valence-electron chi connectivity index (χ2n) is 2.11. The van der Waals surface area contributed by atoms with Crippen LogP contribution in [0.1, 0.15) is 17.7 Å². The molecule has 0 aliphatic rings. The summed E-state index contributed by atoms with van der Waals surface area (Å²) in [5.41, 5.74) is -1.30. The van der Waals surface area contributed by atoms with Crippen molar-refractivity contribution in [2.45, 2.75) is 6.43 Å². The van der Waals surface area contributed by atoms with E-state index in [2.05, 4.69) is 4.98 Å². The molecule has 0 aromatic carbocycles. The summed E-state index contributed by atoms with van der Waals surface area (Å²) >= 11 is 5.19. The number of hydrogen-bond donors (Lipinski definition) is 0. The average Bonchev–Trinajstić information content (AvgIpc) is 2.08. The lowest BCUT2D eigenvalue weighted by atomic mass is 10.2. The first-order valence-electron chi connectivity index (χ1n) is 3.10. The Morgan fingerprint density at radius 1 is 1.54 bits per heavy atom. The zero-order valence-electron chi connectivity index (χ0n) is 6.06. The maximum atomic E-state index is 12.6. The molecule has 68 valence electrons. The van der Waals surface area contributed by atoms with Crippen LogP contribution in [0.4, 0.5) is 13.2 Å². The van der Waals surface area contributed by atoms with Crippen molar-refractivity contribution in [2.75, 3.05) is 0 Å². The van der Waals surface area contributed by atoms with Gasteiger partial charge < -0.3 is 0 Å². The summed E-state index contributed by atoms with van der Waals surface area (Å²) in [6.07, 6.45) is -2.94. The van der Waals surface area contributed by atoms with Crippen molar-refractivity contribution in [1.29, 1.82) is 5.26 Å². The lowest BCUT2D eigenvalue weighted by Gasteiger charge is -2.02. The molecule has 1 aromatic rings. The van der Waals surface area contributed by atoms with Crippen molar-refractivity contribution in [2.24, 2.45) is 0 Å². The molecule has 0 amide bonds. The molecular formula is C7H2ClF3N2. The van der Waals surface area contributed by atoms with Crippen LogP contribution in [0.2, 0.25) is 5.15 Å². The molecule has 0 saturated carbocycles. The lowest BCUT2D eigenvalue weighted by molar-refractivity contribution is 0.150. The van der Waals surface area contributed by atoms with Gasteiger partial charge in [-0.1, -0.05) is 11.6 Å². The molecule has 0 saturated heterocycles. The molecule has 0 radical (unpaired) electrons. The molecule has 0 atom stereocenters. The van der Waals surface area contributed by atoms with Gasteiger partial charge in [0.25, 0.3) is 6.43 Å². The van der Waals surface area contributed by atoms with Gasteiger partial charge in [-0.25, -0.2) is 18.2 Å². The molecule has 6 heteroatoms. The molecule has 0 aliphatic carbocycles. The smallest absolute Gasteiger partial charge is 0.222 e. The predicted molar refractivity (Wildman–Crippen MR) is 38.9 cm³/mol. The van der Waals surface area contributed by atoms with Crippen LogP contribution in [-0.2, 0) is 0 Å². The highest BCUT2D eigenvalue weighted by Gasteiger charge is 2.17. The highest BCUT2D eigenvalue weighted by Crippen LogP contribution is 2.24. The van der Waals surface area contributed by atoms with Crippen LogP contribution in [0.5, 0.6) is 0 Å². The normalized spacial score (nSPS) is 10.2. The third-order valence-corrected chi connectivity index (χ3v) is 1.57. The van der Waals surface area contributed by atoms with E-state index in [1.165, 1.54) is 6.07 Å². The Bertz CT molecular complexity index is 373. The van der Waals surface area contributed by atoms with Gasteiger partial charge in [-0.2, -0.15) is 5.26 Å². The number of alkyl halides is 2. The molecule has 0 spiro atoms. The van der Waals surface area contributed by atoms with Gasteiger partial charge in [-0.15, -0.1) is 0 Å². The maximum Gasteiger partial charge on any atom is 0.266 e. The number of rotatable bonds is 1. The van der Waals surface area contributed by atoms with E-state index in [1.54, 1.807) is 0 Å².